The van der Waals surface area contributed by atoms with Crippen molar-refractivity contribution in [2.45, 2.75) is 33.0 Å². The Morgan fingerprint density at radius 2 is 1.62 bits per heavy atom. The average Bonchev–Trinajstić information content (AvgIpc) is 2.20. The Labute approximate surface area is 80.6 Å². The Morgan fingerprint density at radius 1 is 1.08 bits per heavy atom. The van der Waals surface area contributed by atoms with Crippen molar-refractivity contribution in [3.8, 4) is 0 Å². The molecular weight excluding hydrogens is 164 g/mol. The Kier molecular flexibility index (Phi) is 3.51. The zero-order valence-corrected chi connectivity index (χ0v) is 8.90. The Balaban J connectivity index is 2.81. The molecule has 0 amide bonds. The minimum absolute atomic E-state index is 0.135. The van der Waals surface area contributed by atoms with Crippen molar-refractivity contribution >= 4 is 0 Å². The topological polar surface area (TPSA) is 29.5 Å². The third-order valence-electron chi connectivity index (χ3n) is 3.10. The second-order valence-electron chi connectivity index (χ2n) is 4.15. The van der Waals surface area contributed by atoms with Gasteiger partial charge >= 0.3 is 0 Å². The van der Waals surface area contributed by atoms with Crippen LogP contribution in [-0.4, -0.2) is 24.4 Å². The van der Waals surface area contributed by atoms with Gasteiger partial charge in [0.15, 0.2) is 0 Å². The molecule has 76 valence electrons. The van der Waals surface area contributed by atoms with Gasteiger partial charge in [-0.05, 0) is 0 Å². The summed E-state index contributed by atoms with van der Waals surface area (Å²) in [4.78, 5) is 0. The summed E-state index contributed by atoms with van der Waals surface area (Å²) in [6, 6.07) is 0. The van der Waals surface area contributed by atoms with Crippen molar-refractivity contribution < 1.29 is 9.84 Å². The van der Waals surface area contributed by atoms with E-state index in [4.69, 9.17) is 4.74 Å². The van der Waals surface area contributed by atoms with Crippen molar-refractivity contribution in [3.05, 3.63) is 12.2 Å². The van der Waals surface area contributed by atoms with Gasteiger partial charge in [-0.2, -0.15) is 0 Å². The lowest BCUT2D eigenvalue weighted by Gasteiger charge is -2.29. The molecule has 0 aliphatic heterocycles. The molecule has 2 nitrogen and oxygen atoms in total. The number of rotatable bonds is 1. The van der Waals surface area contributed by atoms with Crippen LogP contribution in [0.15, 0.2) is 12.2 Å². The van der Waals surface area contributed by atoms with E-state index >= 15 is 0 Å². The zero-order chi connectivity index (χ0) is 10.0. The van der Waals surface area contributed by atoms with Crippen LogP contribution in [-0.2, 0) is 4.74 Å². The van der Waals surface area contributed by atoms with E-state index in [0.29, 0.717) is 5.92 Å². The summed E-state index contributed by atoms with van der Waals surface area (Å²) >= 11 is 0. The van der Waals surface area contributed by atoms with Gasteiger partial charge in [0.2, 0.25) is 0 Å². The van der Waals surface area contributed by atoms with Gasteiger partial charge < -0.3 is 9.84 Å². The van der Waals surface area contributed by atoms with Gasteiger partial charge in [0.25, 0.3) is 0 Å². The van der Waals surface area contributed by atoms with E-state index in [9.17, 15) is 5.11 Å². The van der Waals surface area contributed by atoms with Gasteiger partial charge in [-0.15, -0.1) is 0 Å². The average molecular weight is 184 g/mol. The van der Waals surface area contributed by atoms with Crippen molar-refractivity contribution in [2.24, 2.45) is 17.8 Å². The highest BCUT2D eigenvalue weighted by Crippen LogP contribution is 2.28. The quantitative estimate of drug-likeness (QED) is 0.630. The van der Waals surface area contributed by atoms with E-state index in [2.05, 4.69) is 26.0 Å². The second kappa shape index (κ2) is 4.25. The second-order valence-corrected chi connectivity index (χ2v) is 4.15. The fourth-order valence-corrected chi connectivity index (χ4v) is 2.16. The molecule has 0 saturated carbocycles. The van der Waals surface area contributed by atoms with Crippen molar-refractivity contribution in [1.82, 2.24) is 0 Å². The van der Waals surface area contributed by atoms with Crippen molar-refractivity contribution in [1.29, 1.82) is 0 Å². The van der Waals surface area contributed by atoms with Crippen LogP contribution in [0.3, 0.4) is 0 Å². The Morgan fingerprint density at radius 3 is 2.15 bits per heavy atom. The Hall–Kier alpha value is -0.340. The summed E-state index contributed by atoms with van der Waals surface area (Å²) in [5.74, 6) is 0.821. The van der Waals surface area contributed by atoms with Gasteiger partial charge in [-0.1, -0.05) is 32.9 Å². The van der Waals surface area contributed by atoms with Crippen LogP contribution in [0.1, 0.15) is 20.8 Å². The molecule has 0 aromatic heterocycles. The summed E-state index contributed by atoms with van der Waals surface area (Å²) < 4.78 is 5.40. The van der Waals surface area contributed by atoms with Crippen LogP contribution < -0.4 is 0 Å². The maximum Gasteiger partial charge on any atom is 0.0681 e. The monoisotopic (exact) mass is 184 g/mol. The molecule has 0 heterocycles. The molecule has 0 aromatic carbocycles. The van der Waals surface area contributed by atoms with Crippen molar-refractivity contribution in [2.75, 3.05) is 7.11 Å². The fraction of sp³-hybridized carbons (Fsp3) is 0.818. The molecule has 0 radical (unpaired) electrons. The lowest BCUT2D eigenvalue weighted by Crippen LogP contribution is -2.35. The molecule has 0 fully saturated rings. The summed E-state index contributed by atoms with van der Waals surface area (Å²) in [7, 11) is 1.72. The largest absolute Gasteiger partial charge is 0.392 e. The first-order chi connectivity index (χ1) is 6.07. The molecule has 13 heavy (non-hydrogen) atoms. The molecule has 1 aliphatic rings. The van der Waals surface area contributed by atoms with Crippen LogP contribution in [0, 0.1) is 17.8 Å². The van der Waals surface area contributed by atoms with Crippen LogP contribution in [0.2, 0.25) is 0 Å². The Bertz CT molecular complexity index is 189. The van der Waals surface area contributed by atoms with E-state index in [1.165, 1.54) is 0 Å². The normalized spacial score (nSPS) is 46.1. The number of ether oxygens (including phenoxy) is 1. The summed E-state index contributed by atoms with van der Waals surface area (Å²) in [5, 5.41) is 9.91. The number of aliphatic hydroxyl groups is 1. The number of aliphatic hydroxyl groups excluding tert-OH is 1. The molecule has 1 aliphatic carbocycles. The van der Waals surface area contributed by atoms with Gasteiger partial charge in [0, 0.05) is 24.9 Å². The molecular formula is C11H20O2. The maximum atomic E-state index is 9.91. The molecule has 0 spiro atoms. The summed E-state index contributed by atoms with van der Waals surface area (Å²) in [6.45, 7) is 6.23. The third kappa shape index (κ3) is 2.12. The van der Waals surface area contributed by atoms with E-state index in [-0.39, 0.29) is 24.0 Å². The smallest absolute Gasteiger partial charge is 0.0681 e. The van der Waals surface area contributed by atoms with Crippen LogP contribution in [0.25, 0.3) is 0 Å². The van der Waals surface area contributed by atoms with Gasteiger partial charge in [0.1, 0.15) is 0 Å². The highest BCUT2D eigenvalue weighted by molar-refractivity contribution is 5.02. The number of methoxy groups -OCH3 is 1. The molecule has 1 N–H and O–H groups in total. The van der Waals surface area contributed by atoms with Crippen LogP contribution >= 0.6 is 0 Å². The molecule has 1 rings (SSSR count). The molecule has 0 unspecified atom stereocenters. The van der Waals surface area contributed by atoms with Crippen LogP contribution in [0.5, 0.6) is 0 Å². The van der Waals surface area contributed by atoms with Gasteiger partial charge in [-0.3, -0.25) is 0 Å². The molecule has 0 bridgehead atoms. The summed E-state index contributed by atoms with van der Waals surface area (Å²) in [5.41, 5.74) is 0. The minimum atomic E-state index is -0.286. The van der Waals surface area contributed by atoms with E-state index in [1.807, 2.05) is 6.92 Å². The SMILES string of the molecule is CO[C@@H]1[C@H](C)[C@@H](O)[C@@H](C)C=C[C@@H]1C. The van der Waals surface area contributed by atoms with Gasteiger partial charge in [-0.25, -0.2) is 0 Å². The minimum Gasteiger partial charge on any atom is -0.392 e. The van der Waals surface area contributed by atoms with E-state index in [0.717, 1.165) is 0 Å². The summed E-state index contributed by atoms with van der Waals surface area (Å²) in [6.07, 6.45) is 4.08. The fourth-order valence-electron chi connectivity index (χ4n) is 2.16. The van der Waals surface area contributed by atoms with E-state index < -0.39 is 0 Å². The number of hydrogen-bond donors (Lipinski definition) is 1. The third-order valence-corrected chi connectivity index (χ3v) is 3.10. The first-order valence-electron chi connectivity index (χ1n) is 4.97. The first-order valence-corrected chi connectivity index (χ1v) is 4.97. The predicted octanol–water partition coefficient (Wildman–Crippen LogP) is 1.84. The predicted molar refractivity (Wildman–Crippen MR) is 53.4 cm³/mol. The highest BCUT2D eigenvalue weighted by atomic mass is 16.5. The standard InChI is InChI=1S/C11H20O2/c1-7-5-6-8(2)11(13-4)9(3)10(7)12/h5-12H,1-4H3/t7-,8-,9+,10-,11-/m0/s1. The molecule has 2 heteroatoms. The number of hydrogen-bond acceptors (Lipinski definition) is 2. The highest BCUT2D eigenvalue weighted by Gasteiger charge is 2.32. The lowest BCUT2D eigenvalue weighted by atomic mass is 9.88. The maximum absolute atomic E-state index is 9.91. The molecule has 0 saturated heterocycles. The van der Waals surface area contributed by atoms with Gasteiger partial charge in [0.05, 0.1) is 12.2 Å². The lowest BCUT2D eigenvalue weighted by molar-refractivity contribution is -0.0303. The van der Waals surface area contributed by atoms with Crippen LogP contribution in [0.4, 0.5) is 0 Å². The molecule has 0 aromatic rings. The molecule has 5 atom stereocenters. The van der Waals surface area contributed by atoms with Crippen molar-refractivity contribution in [3.63, 3.8) is 0 Å². The zero-order valence-electron chi connectivity index (χ0n) is 8.90. The van der Waals surface area contributed by atoms with E-state index in [1.54, 1.807) is 7.11 Å². The first kappa shape index (κ1) is 10.7.